The highest BCUT2D eigenvalue weighted by Crippen LogP contribution is 2.35. The van der Waals surface area contributed by atoms with Gasteiger partial charge in [-0.3, -0.25) is 0 Å². The second-order valence-electron chi connectivity index (χ2n) is 4.51. The largest absolute Gasteiger partial charge is 0.396 e. The molecule has 1 aliphatic carbocycles. The van der Waals surface area contributed by atoms with Crippen LogP contribution in [0.5, 0.6) is 0 Å². The summed E-state index contributed by atoms with van der Waals surface area (Å²) in [7, 11) is 2.08. The molecule has 1 heterocycles. The van der Waals surface area contributed by atoms with Crippen LogP contribution >= 0.6 is 0 Å². The van der Waals surface area contributed by atoms with Gasteiger partial charge in [-0.1, -0.05) is 12.8 Å². The summed E-state index contributed by atoms with van der Waals surface area (Å²) in [4.78, 5) is 4.55. The Morgan fingerprint density at radius 1 is 1.40 bits per heavy atom. The van der Waals surface area contributed by atoms with E-state index in [-0.39, 0.29) is 6.61 Å². The maximum absolute atomic E-state index is 8.96. The number of aliphatic hydroxyl groups is 1. The van der Waals surface area contributed by atoms with Crippen LogP contribution in [0.2, 0.25) is 0 Å². The van der Waals surface area contributed by atoms with Crippen molar-refractivity contribution in [3.8, 4) is 0 Å². The molecule has 0 unspecified atom stereocenters. The zero-order valence-corrected chi connectivity index (χ0v) is 9.66. The summed E-state index contributed by atoms with van der Waals surface area (Å²) in [6, 6.07) is 0. The van der Waals surface area contributed by atoms with Gasteiger partial charge < -0.3 is 9.67 Å². The number of hydrogen-bond donors (Lipinski definition) is 1. The van der Waals surface area contributed by atoms with Gasteiger partial charge in [0.25, 0.3) is 0 Å². The highest BCUT2D eigenvalue weighted by Gasteiger charge is 2.23. The van der Waals surface area contributed by atoms with Crippen molar-refractivity contribution in [1.29, 1.82) is 0 Å². The molecule has 0 spiro atoms. The Kier molecular flexibility index (Phi) is 3.10. The Morgan fingerprint density at radius 2 is 2.07 bits per heavy atom. The van der Waals surface area contributed by atoms with Crippen LogP contribution in [0, 0.1) is 6.92 Å². The molecule has 0 radical (unpaired) electrons. The minimum absolute atomic E-state index is 0.189. The van der Waals surface area contributed by atoms with Crippen molar-refractivity contribution >= 4 is 0 Å². The molecule has 0 aliphatic heterocycles. The summed E-state index contributed by atoms with van der Waals surface area (Å²) in [6.07, 6.45) is 5.98. The first-order valence-corrected chi connectivity index (χ1v) is 5.87. The van der Waals surface area contributed by atoms with Crippen LogP contribution in [-0.2, 0) is 13.5 Å². The number of rotatable bonds is 3. The van der Waals surface area contributed by atoms with Crippen LogP contribution in [0.1, 0.15) is 48.8 Å². The lowest BCUT2D eigenvalue weighted by Gasteiger charge is -2.12. The normalized spacial score (nSPS) is 17.5. The van der Waals surface area contributed by atoms with Crippen molar-refractivity contribution < 1.29 is 5.11 Å². The van der Waals surface area contributed by atoms with E-state index in [4.69, 9.17) is 5.11 Å². The highest BCUT2D eigenvalue weighted by atomic mass is 16.3. The topological polar surface area (TPSA) is 38.1 Å². The van der Waals surface area contributed by atoms with Gasteiger partial charge in [-0.15, -0.1) is 0 Å². The van der Waals surface area contributed by atoms with Crippen LogP contribution in [0.15, 0.2) is 0 Å². The van der Waals surface area contributed by atoms with Crippen molar-refractivity contribution in [1.82, 2.24) is 9.55 Å². The highest BCUT2D eigenvalue weighted by molar-refractivity contribution is 5.21. The lowest BCUT2D eigenvalue weighted by Crippen LogP contribution is -2.06. The Morgan fingerprint density at radius 3 is 2.67 bits per heavy atom. The zero-order chi connectivity index (χ0) is 10.8. The number of hydrogen-bond acceptors (Lipinski definition) is 2. The fourth-order valence-electron chi connectivity index (χ4n) is 2.80. The van der Waals surface area contributed by atoms with Gasteiger partial charge in [0.2, 0.25) is 0 Å². The Labute approximate surface area is 91.1 Å². The Bertz CT molecular complexity index is 338. The maximum Gasteiger partial charge on any atom is 0.111 e. The van der Waals surface area contributed by atoms with Gasteiger partial charge >= 0.3 is 0 Å². The molecular weight excluding hydrogens is 188 g/mol. The van der Waals surface area contributed by atoms with Crippen LogP contribution < -0.4 is 0 Å². The van der Waals surface area contributed by atoms with Gasteiger partial charge in [0, 0.05) is 25.1 Å². The standard InChI is InChI=1S/C12H20N2O/c1-9-12(10-5-3-4-6-10)14(2)11(13-9)7-8-15/h10,15H,3-8H2,1-2H3. The van der Waals surface area contributed by atoms with Gasteiger partial charge in [-0.2, -0.15) is 0 Å². The predicted molar refractivity (Wildman–Crippen MR) is 59.9 cm³/mol. The average molecular weight is 208 g/mol. The number of imidazole rings is 1. The van der Waals surface area contributed by atoms with Crippen LogP contribution in [0.25, 0.3) is 0 Å². The molecule has 0 amide bonds. The summed E-state index contributed by atoms with van der Waals surface area (Å²) < 4.78 is 2.20. The quantitative estimate of drug-likeness (QED) is 0.824. The van der Waals surface area contributed by atoms with E-state index in [1.54, 1.807) is 0 Å². The van der Waals surface area contributed by atoms with E-state index in [1.807, 2.05) is 0 Å². The van der Waals surface area contributed by atoms with E-state index in [0.29, 0.717) is 12.3 Å². The van der Waals surface area contributed by atoms with Crippen molar-refractivity contribution in [2.45, 2.75) is 44.9 Å². The molecule has 2 rings (SSSR count). The van der Waals surface area contributed by atoms with Crippen molar-refractivity contribution in [2.75, 3.05) is 6.61 Å². The van der Waals surface area contributed by atoms with E-state index in [9.17, 15) is 0 Å². The SMILES string of the molecule is Cc1nc(CCO)n(C)c1C1CCCC1. The molecule has 1 fully saturated rings. The van der Waals surface area contributed by atoms with Crippen LogP contribution in [-0.4, -0.2) is 21.3 Å². The number of aryl methyl sites for hydroxylation is 1. The smallest absolute Gasteiger partial charge is 0.111 e. The van der Waals surface area contributed by atoms with E-state index < -0.39 is 0 Å². The second-order valence-corrected chi connectivity index (χ2v) is 4.51. The molecule has 1 saturated carbocycles. The van der Waals surface area contributed by atoms with Gasteiger partial charge in [0.15, 0.2) is 0 Å². The van der Waals surface area contributed by atoms with Gasteiger partial charge in [0.1, 0.15) is 5.82 Å². The lowest BCUT2D eigenvalue weighted by atomic mass is 10.0. The first-order chi connectivity index (χ1) is 7.24. The molecule has 0 saturated heterocycles. The third-order valence-electron chi connectivity index (χ3n) is 3.49. The Balaban J connectivity index is 2.29. The Hall–Kier alpha value is -0.830. The molecule has 1 aliphatic rings. The molecule has 84 valence electrons. The molecule has 1 aromatic heterocycles. The van der Waals surface area contributed by atoms with Crippen LogP contribution in [0.3, 0.4) is 0 Å². The summed E-state index contributed by atoms with van der Waals surface area (Å²) >= 11 is 0. The van der Waals surface area contributed by atoms with E-state index in [0.717, 1.165) is 11.5 Å². The third kappa shape index (κ3) is 1.93. The first kappa shape index (κ1) is 10.7. The monoisotopic (exact) mass is 208 g/mol. The first-order valence-electron chi connectivity index (χ1n) is 5.87. The molecule has 0 atom stereocenters. The molecule has 3 nitrogen and oxygen atoms in total. The van der Waals surface area contributed by atoms with Gasteiger partial charge in [-0.25, -0.2) is 4.98 Å². The molecule has 0 bridgehead atoms. The number of aromatic nitrogens is 2. The summed E-state index contributed by atoms with van der Waals surface area (Å²) in [6.45, 7) is 2.28. The third-order valence-corrected chi connectivity index (χ3v) is 3.49. The zero-order valence-electron chi connectivity index (χ0n) is 9.66. The molecular formula is C12H20N2O. The predicted octanol–water partition coefficient (Wildman–Crippen LogP) is 1.92. The second kappa shape index (κ2) is 4.35. The van der Waals surface area contributed by atoms with Crippen molar-refractivity contribution in [3.05, 3.63) is 17.2 Å². The minimum atomic E-state index is 0.189. The summed E-state index contributed by atoms with van der Waals surface area (Å²) in [5.41, 5.74) is 2.56. The fraction of sp³-hybridized carbons (Fsp3) is 0.750. The maximum atomic E-state index is 8.96. The molecule has 15 heavy (non-hydrogen) atoms. The number of nitrogens with zero attached hydrogens (tertiary/aromatic N) is 2. The van der Waals surface area contributed by atoms with Gasteiger partial charge in [-0.05, 0) is 19.8 Å². The van der Waals surface area contributed by atoms with Gasteiger partial charge in [0.05, 0.1) is 12.3 Å². The lowest BCUT2D eigenvalue weighted by molar-refractivity contribution is 0.295. The average Bonchev–Trinajstić information content (AvgIpc) is 2.77. The van der Waals surface area contributed by atoms with Crippen molar-refractivity contribution in [3.63, 3.8) is 0 Å². The minimum Gasteiger partial charge on any atom is -0.396 e. The fourth-order valence-corrected chi connectivity index (χ4v) is 2.80. The van der Waals surface area contributed by atoms with E-state index >= 15 is 0 Å². The van der Waals surface area contributed by atoms with E-state index in [2.05, 4.69) is 23.5 Å². The molecule has 1 N–H and O–H groups in total. The van der Waals surface area contributed by atoms with Crippen LogP contribution in [0.4, 0.5) is 0 Å². The summed E-state index contributed by atoms with van der Waals surface area (Å²) in [5.74, 6) is 1.73. The molecule has 3 heteroatoms. The number of aliphatic hydroxyl groups excluding tert-OH is 1. The van der Waals surface area contributed by atoms with Crippen molar-refractivity contribution in [2.24, 2.45) is 7.05 Å². The molecule has 1 aromatic rings. The summed E-state index contributed by atoms with van der Waals surface area (Å²) in [5, 5.41) is 8.96. The molecule has 0 aromatic carbocycles. The van der Waals surface area contributed by atoms with E-state index in [1.165, 1.54) is 31.4 Å².